The Morgan fingerprint density at radius 1 is 1.64 bits per heavy atom. The monoisotopic (exact) mass is 156 g/mol. The van der Waals surface area contributed by atoms with Crippen LogP contribution in [-0.2, 0) is 0 Å². The second-order valence-electron chi connectivity index (χ2n) is 3.83. The lowest BCUT2D eigenvalue weighted by molar-refractivity contribution is 0.142. The summed E-state index contributed by atoms with van der Waals surface area (Å²) >= 11 is 0. The van der Waals surface area contributed by atoms with Crippen molar-refractivity contribution in [3.63, 3.8) is 0 Å². The van der Waals surface area contributed by atoms with Gasteiger partial charge >= 0.3 is 0 Å². The Morgan fingerprint density at radius 3 is 2.91 bits per heavy atom. The van der Waals surface area contributed by atoms with Crippen molar-refractivity contribution in [2.75, 3.05) is 19.6 Å². The normalized spacial score (nSPS) is 30.3. The third-order valence-corrected chi connectivity index (χ3v) is 2.65. The molecule has 0 radical (unpaired) electrons. The molecule has 0 bridgehead atoms. The first-order valence-electron chi connectivity index (χ1n) is 4.68. The lowest BCUT2D eigenvalue weighted by atomic mass is 9.99. The molecule has 2 heteroatoms. The maximum absolute atomic E-state index is 5.61. The average molecular weight is 156 g/mol. The number of likely N-dealkylation sites (tertiary alicyclic amines) is 1. The molecule has 2 atom stereocenters. The van der Waals surface area contributed by atoms with Crippen LogP contribution < -0.4 is 5.73 Å². The van der Waals surface area contributed by atoms with E-state index in [0.717, 1.165) is 12.5 Å². The highest BCUT2D eigenvalue weighted by atomic mass is 15.2. The third-order valence-electron chi connectivity index (χ3n) is 2.65. The van der Waals surface area contributed by atoms with Crippen molar-refractivity contribution in [3.8, 4) is 0 Å². The Balaban J connectivity index is 2.33. The second kappa shape index (κ2) is 4.07. The summed E-state index contributed by atoms with van der Waals surface area (Å²) in [6, 6.07) is 0.581. The number of hydrogen-bond acceptors (Lipinski definition) is 2. The van der Waals surface area contributed by atoms with E-state index in [4.69, 9.17) is 5.73 Å². The standard InChI is InChI=1S/C9H20N2/c1-8-4-3-5-11(7-8)9(2)6-10/h8-9H,3-7,10H2,1-2H3/t8-,9+/m1/s1. The van der Waals surface area contributed by atoms with Gasteiger partial charge in [0, 0.05) is 19.1 Å². The van der Waals surface area contributed by atoms with Crippen LogP contribution in [0, 0.1) is 5.92 Å². The van der Waals surface area contributed by atoms with Gasteiger partial charge in [0.1, 0.15) is 0 Å². The molecule has 1 aliphatic heterocycles. The first-order valence-corrected chi connectivity index (χ1v) is 4.68. The van der Waals surface area contributed by atoms with Gasteiger partial charge in [-0.15, -0.1) is 0 Å². The molecule has 0 amide bonds. The van der Waals surface area contributed by atoms with Crippen LogP contribution in [0.2, 0.25) is 0 Å². The highest BCUT2D eigenvalue weighted by Gasteiger charge is 2.19. The highest BCUT2D eigenvalue weighted by molar-refractivity contribution is 4.74. The minimum absolute atomic E-state index is 0.581. The Labute approximate surface area is 69.8 Å². The molecule has 0 aromatic carbocycles. The van der Waals surface area contributed by atoms with Crippen molar-refractivity contribution < 1.29 is 0 Å². The molecule has 0 spiro atoms. The number of nitrogens with two attached hydrogens (primary N) is 1. The van der Waals surface area contributed by atoms with Crippen LogP contribution in [-0.4, -0.2) is 30.6 Å². The van der Waals surface area contributed by atoms with E-state index in [2.05, 4.69) is 18.7 Å². The first kappa shape index (κ1) is 9.01. The van der Waals surface area contributed by atoms with E-state index in [1.807, 2.05) is 0 Å². The molecule has 0 saturated carbocycles. The van der Waals surface area contributed by atoms with E-state index >= 15 is 0 Å². The largest absolute Gasteiger partial charge is 0.329 e. The molecule has 66 valence electrons. The van der Waals surface area contributed by atoms with E-state index in [0.29, 0.717) is 6.04 Å². The van der Waals surface area contributed by atoms with Gasteiger partial charge in [0.05, 0.1) is 0 Å². The zero-order valence-electron chi connectivity index (χ0n) is 7.71. The van der Waals surface area contributed by atoms with Crippen molar-refractivity contribution >= 4 is 0 Å². The van der Waals surface area contributed by atoms with Gasteiger partial charge in [0.2, 0.25) is 0 Å². The summed E-state index contributed by atoms with van der Waals surface area (Å²) in [5, 5.41) is 0. The van der Waals surface area contributed by atoms with Crippen molar-refractivity contribution in [2.45, 2.75) is 32.7 Å². The highest BCUT2D eigenvalue weighted by Crippen LogP contribution is 2.16. The molecule has 0 aromatic rings. The summed E-state index contributed by atoms with van der Waals surface area (Å²) in [5.74, 6) is 0.873. The number of nitrogens with zero attached hydrogens (tertiary/aromatic N) is 1. The van der Waals surface area contributed by atoms with Crippen molar-refractivity contribution in [1.82, 2.24) is 4.90 Å². The summed E-state index contributed by atoms with van der Waals surface area (Å²) in [4.78, 5) is 2.51. The van der Waals surface area contributed by atoms with Gasteiger partial charge in [-0.2, -0.15) is 0 Å². The zero-order chi connectivity index (χ0) is 8.27. The first-order chi connectivity index (χ1) is 5.24. The molecule has 1 fully saturated rings. The average Bonchev–Trinajstić information content (AvgIpc) is 2.03. The number of hydrogen-bond donors (Lipinski definition) is 1. The van der Waals surface area contributed by atoms with Crippen molar-refractivity contribution in [2.24, 2.45) is 11.7 Å². The number of rotatable bonds is 2. The molecular weight excluding hydrogens is 136 g/mol. The van der Waals surface area contributed by atoms with Crippen LogP contribution in [0.25, 0.3) is 0 Å². The van der Waals surface area contributed by atoms with Crippen molar-refractivity contribution in [3.05, 3.63) is 0 Å². The maximum Gasteiger partial charge on any atom is 0.0190 e. The fourth-order valence-electron chi connectivity index (χ4n) is 1.78. The Kier molecular flexibility index (Phi) is 3.34. The van der Waals surface area contributed by atoms with E-state index < -0.39 is 0 Å². The molecule has 1 heterocycles. The molecule has 2 N–H and O–H groups in total. The van der Waals surface area contributed by atoms with Gasteiger partial charge in [-0.1, -0.05) is 6.92 Å². The van der Waals surface area contributed by atoms with E-state index in [1.54, 1.807) is 0 Å². The molecule has 11 heavy (non-hydrogen) atoms. The summed E-state index contributed by atoms with van der Waals surface area (Å²) in [6.07, 6.45) is 2.75. The van der Waals surface area contributed by atoms with Crippen LogP contribution in [0.1, 0.15) is 26.7 Å². The lowest BCUT2D eigenvalue weighted by Gasteiger charge is -2.34. The molecule has 0 aliphatic carbocycles. The van der Waals surface area contributed by atoms with Crippen LogP contribution >= 0.6 is 0 Å². The predicted octanol–water partition coefficient (Wildman–Crippen LogP) is 1.07. The Hall–Kier alpha value is -0.0800. The van der Waals surface area contributed by atoms with Crippen LogP contribution in [0.15, 0.2) is 0 Å². The molecule has 0 unspecified atom stereocenters. The second-order valence-corrected chi connectivity index (χ2v) is 3.83. The van der Waals surface area contributed by atoms with Gasteiger partial charge in [-0.3, -0.25) is 4.90 Å². The summed E-state index contributed by atoms with van der Waals surface area (Å²) in [7, 11) is 0. The fraction of sp³-hybridized carbons (Fsp3) is 1.00. The van der Waals surface area contributed by atoms with E-state index in [1.165, 1.54) is 25.9 Å². The van der Waals surface area contributed by atoms with E-state index in [-0.39, 0.29) is 0 Å². The smallest absolute Gasteiger partial charge is 0.0190 e. The maximum atomic E-state index is 5.61. The van der Waals surface area contributed by atoms with Gasteiger partial charge in [0.25, 0.3) is 0 Å². The van der Waals surface area contributed by atoms with Crippen LogP contribution in [0.4, 0.5) is 0 Å². The SMILES string of the molecule is C[C@@H]1CCCN([C@@H](C)CN)C1. The van der Waals surface area contributed by atoms with Crippen LogP contribution in [0.3, 0.4) is 0 Å². The minimum atomic E-state index is 0.581. The Bertz CT molecular complexity index is 114. The van der Waals surface area contributed by atoms with Gasteiger partial charge in [-0.05, 0) is 32.2 Å². The zero-order valence-corrected chi connectivity index (χ0v) is 7.71. The summed E-state index contributed by atoms with van der Waals surface area (Å²) < 4.78 is 0. The fourth-order valence-corrected chi connectivity index (χ4v) is 1.78. The van der Waals surface area contributed by atoms with Crippen LogP contribution in [0.5, 0.6) is 0 Å². The lowest BCUT2D eigenvalue weighted by Crippen LogP contribution is -2.44. The minimum Gasteiger partial charge on any atom is -0.329 e. The summed E-state index contributed by atoms with van der Waals surface area (Å²) in [5.41, 5.74) is 5.61. The van der Waals surface area contributed by atoms with Crippen molar-refractivity contribution in [1.29, 1.82) is 0 Å². The molecule has 1 rings (SSSR count). The number of piperidine rings is 1. The van der Waals surface area contributed by atoms with Gasteiger partial charge < -0.3 is 5.73 Å². The van der Waals surface area contributed by atoms with E-state index in [9.17, 15) is 0 Å². The summed E-state index contributed by atoms with van der Waals surface area (Å²) in [6.45, 7) is 7.85. The quantitative estimate of drug-likeness (QED) is 0.648. The van der Waals surface area contributed by atoms with Gasteiger partial charge in [-0.25, -0.2) is 0 Å². The molecular formula is C9H20N2. The van der Waals surface area contributed by atoms with Gasteiger partial charge in [0.15, 0.2) is 0 Å². The predicted molar refractivity (Wildman–Crippen MR) is 48.5 cm³/mol. The Morgan fingerprint density at radius 2 is 2.36 bits per heavy atom. The molecule has 0 aromatic heterocycles. The molecule has 2 nitrogen and oxygen atoms in total. The third kappa shape index (κ3) is 2.46. The molecule has 1 aliphatic rings. The molecule has 1 saturated heterocycles. The topological polar surface area (TPSA) is 29.3 Å².